The lowest BCUT2D eigenvalue weighted by Gasteiger charge is -2.07. The average molecular weight is 449 g/mol. The maximum atomic E-state index is 13.7. The molecule has 0 atom stereocenters. The largest absolute Gasteiger partial charge is 0.386 e. The molecule has 1 aromatic heterocycles. The molecule has 2 N–H and O–H groups in total. The van der Waals surface area contributed by atoms with Gasteiger partial charge in [-0.15, -0.1) is 0 Å². The molecule has 2 heterocycles. The van der Waals surface area contributed by atoms with Gasteiger partial charge in [-0.05, 0) is 60.5 Å². The Labute approximate surface area is 196 Å². The summed E-state index contributed by atoms with van der Waals surface area (Å²) in [6.07, 6.45) is 5.07. The van der Waals surface area contributed by atoms with Crippen molar-refractivity contribution in [1.82, 2.24) is 14.5 Å². The van der Waals surface area contributed by atoms with Gasteiger partial charge in [0.05, 0.1) is 22.1 Å². The van der Waals surface area contributed by atoms with Crippen molar-refractivity contribution in [3.63, 3.8) is 0 Å². The van der Waals surface area contributed by atoms with E-state index in [2.05, 4.69) is 48.4 Å². The first-order valence-corrected chi connectivity index (χ1v) is 11.0. The smallest absolute Gasteiger partial charge is 0.338 e. The normalized spacial score (nSPS) is 12.0. The van der Waals surface area contributed by atoms with Gasteiger partial charge in [-0.1, -0.05) is 54.6 Å². The first-order valence-electron chi connectivity index (χ1n) is 11.0. The molecule has 168 valence electrons. The van der Waals surface area contributed by atoms with Crippen molar-refractivity contribution >= 4 is 23.9 Å². The Hall–Kier alpha value is -4.58. The molecule has 4 aromatic rings. The number of carbonyl (C=O) groups is 1. The maximum absolute atomic E-state index is 13.7. The SMILES string of the molecule is C=CC(=O)Nc1cccc(-n2c3c(n(-c4ccc(-c5ccc(C)cc5)cc4)c2=O)=CNCC=3)c1. The number of imidazole rings is 1. The summed E-state index contributed by atoms with van der Waals surface area (Å²) in [7, 11) is 0. The highest BCUT2D eigenvalue weighted by molar-refractivity contribution is 5.99. The molecule has 1 aliphatic heterocycles. The summed E-state index contributed by atoms with van der Waals surface area (Å²) in [5, 5.41) is 7.55. The molecule has 34 heavy (non-hydrogen) atoms. The van der Waals surface area contributed by atoms with Crippen LogP contribution in [0.3, 0.4) is 0 Å². The second-order valence-electron chi connectivity index (χ2n) is 8.14. The Bertz CT molecular complexity index is 1570. The lowest BCUT2D eigenvalue weighted by atomic mass is 10.0. The number of aryl methyl sites for hydroxylation is 1. The van der Waals surface area contributed by atoms with Crippen molar-refractivity contribution < 1.29 is 4.79 Å². The van der Waals surface area contributed by atoms with Crippen LogP contribution in [0.25, 0.3) is 34.8 Å². The first kappa shape index (κ1) is 21.3. The van der Waals surface area contributed by atoms with Crippen molar-refractivity contribution in [2.24, 2.45) is 0 Å². The monoisotopic (exact) mass is 448 g/mol. The number of anilines is 1. The summed E-state index contributed by atoms with van der Waals surface area (Å²) >= 11 is 0. The lowest BCUT2D eigenvalue weighted by molar-refractivity contribution is -0.111. The zero-order valence-electron chi connectivity index (χ0n) is 18.8. The zero-order valence-corrected chi connectivity index (χ0v) is 18.8. The van der Waals surface area contributed by atoms with Gasteiger partial charge in [-0.3, -0.25) is 13.9 Å². The molecule has 0 bridgehead atoms. The Morgan fingerprint density at radius 1 is 0.941 bits per heavy atom. The van der Waals surface area contributed by atoms with Crippen molar-refractivity contribution in [1.29, 1.82) is 0 Å². The third-order valence-electron chi connectivity index (χ3n) is 5.85. The van der Waals surface area contributed by atoms with E-state index in [1.54, 1.807) is 21.3 Å². The molecular weight excluding hydrogens is 424 g/mol. The molecule has 6 nitrogen and oxygen atoms in total. The van der Waals surface area contributed by atoms with Crippen LogP contribution in [-0.2, 0) is 4.79 Å². The van der Waals surface area contributed by atoms with Crippen LogP contribution in [0.15, 0.2) is 90.2 Å². The second kappa shape index (κ2) is 8.75. The van der Waals surface area contributed by atoms with Gasteiger partial charge < -0.3 is 10.6 Å². The summed E-state index contributed by atoms with van der Waals surface area (Å²) < 4.78 is 3.37. The highest BCUT2D eigenvalue weighted by atomic mass is 16.2. The quantitative estimate of drug-likeness (QED) is 0.462. The third-order valence-corrected chi connectivity index (χ3v) is 5.85. The fourth-order valence-electron chi connectivity index (χ4n) is 4.14. The molecule has 0 aliphatic carbocycles. The topological polar surface area (TPSA) is 68.1 Å². The fraction of sp³-hybridized carbons (Fsp3) is 0.0714. The van der Waals surface area contributed by atoms with Crippen LogP contribution in [-0.4, -0.2) is 21.6 Å². The number of benzene rings is 3. The number of nitrogens with zero attached hydrogens (tertiary/aromatic N) is 2. The number of amides is 1. The molecule has 0 saturated carbocycles. The first-order chi connectivity index (χ1) is 16.5. The second-order valence-corrected chi connectivity index (χ2v) is 8.14. The van der Waals surface area contributed by atoms with Gasteiger partial charge in [0.25, 0.3) is 0 Å². The highest BCUT2D eigenvalue weighted by Crippen LogP contribution is 2.21. The standard InChI is InChI=1S/C28H24N4O2/c1-3-27(33)30-22-5-4-6-24(17-22)32-25-15-16-29-18-26(25)31(28(32)34)23-13-11-21(12-14-23)20-9-7-19(2)8-10-20/h3-15,17-18,29H,1,16H2,2H3,(H,30,33). The van der Waals surface area contributed by atoms with E-state index in [1.165, 1.54) is 11.6 Å². The minimum Gasteiger partial charge on any atom is -0.386 e. The van der Waals surface area contributed by atoms with Crippen molar-refractivity contribution in [3.05, 3.63) is 112 Å². The van der Waals surface area contributed by atoms with E-state index in [1.807, 2.05) is 48.7 Å². The number of rotatable bonds is 5. The van der Waals surface area contributed by atoms with Crippen LogP contribution in [0.4, 0.5) is 5.69 Å². The summed E-state index contributed by atoms with van der Waals surface area (Å²) in [4.78, 5) is 25.4. The molecule has 1 amide bonds. The van der Waals surface area contributed by atoms with E-state index < -0.39 is 0 Å². The molecule has 1 aliphatic rings. The Kier molecular flexibility index (Phi) is 5.47. The third kappa shape index (κ3) is 3.86. The van der Waals surface area contributed by atoms with Crippen molar-refractivity contribution in [2.45, 2.75) is 6.92 Å². The van der Waals surface area contributed by atoms with E-state index in [-0.39, 0.29) is 11.6 Å². The summed E-state index contributed by atoms with van der Waals surface area (Å²) in [6, 6.07) is 23.6. The summed E-state index contributed by atoms with van der Waals surface area (Å²) in [5.74, 6) is -0.304. The number of fused-ring (bicyclic) bond motifs is 1. The van der Waals surface area contributed by atoms with Crippen molar-refractivity contribution in [3.8, 4) is 22.5 Å². The molecule has 0 saturated heterocycles. The molecule has 6 heteroatoms. The molecule has 3 aromatic carbocycles. The van der Waals surface area contributed by atoms with Gasteiger partial charge in [0, 0.05) is 18.4 Å². The van der Waals surface area contributed by atoms with Gasteiger partial charge >= 0.3 is 5.69 Å². The van der Waals surface area contributed by atoms with Gasteiger partial charge in [0.15, 0.2) is 0 Å². The lowest BCUT2D eigenvalue weighted by Crippen LogP contribution is -2.38. The van der Waals surface area contributed by atoms with Crippen LogP contribution in [0.2, 0.25) is 0 Å². The Morgan fingerprint density at radius 3 is 2.32 bits per heavy atom. The number of aromatic nitrogens is 2. The van der Waals surface area contributed by atoms with Gasteiger partial charge in [0.2, 0.25) is 5.91 Å². The number of hydrogen-bond acceptors (Lipinski definition) is 3. The Balaban J connectivity index is 1.62. The zero-order chi connectivity index (χ0) is 23.7. The van der Waals surface area contributed by atoms with E-state index >= 15 is 0 Å². The van der Waals surface area contributed by atoms with Gasteiger partial charge in [-0.25, -0.2) is 4.79 Å². The number of hydrogen-bond donors (Lipinski definition) is 2. The van der Waals surface area contributed by atoms with E-state index in [0.717, 1.165) is 27.5 Å². The average Bonchev–Trinajstić information content (AvgIpc) is 3.16. The van der Waals surface area contributed by atoms with Crippen LogP contribution in [0.5, 0.6) is 0 Å². The highest BCUT2D eigenvalue weighted by Gasteiger charge is 2.16. The predicted molar refractivity (Wildman–Crippen MR) is 137 cm³/mol. The summed E-state index contributed by atoms with van der Waals surface area (Å²) in [6.45, 7) is 6.18. The molecular formula is C28H24N4O2. The molecule has 0 unspecified atom stereocenters. The van der Waals surface area contributed by atoms with Crippen LogP contribution >= 0.6 is 0 Å². The van der Waals surface area contributed by atoms with Crippen LogP contribution in [0, 0.1) is 6.92 Å². The molecule has 0 spiro atoms. The fourth-order valence-corrected chi connectivity index (χ4v) is 4.14. The number of carbonyl (C=O) groups excluding carboxylic acids is 1. The number of nitrogens with one attached hydrogen (secondary N) is 2. The molecule has 0 radical (unpaired) electrons. The minimum atomic E-state index is -0.304. The van der Waals surface area contributed by atoms with E-state index in [0.29, 0.717) is 17.9 Å². The van der Waals surface area contributed by atoms with E-state index in [4.69, 9.17) is 0 Å². The van der Waals surface area contributed by atoms with Gasteiger partial charge in [0.1, 0.15) is 0 Å². The van der Waals surface area contributed by atoms with Crippen LogP contribution in [0.1, 0.15) is 5.56 Å². The van der Waals surface area contributed by atoms with Gasteiger partial charge in [-0.2, -0.15) is 0 Å². The minimum absolute atomic E-state index is 0.184. The predicted octanol–water partition coefficient (Wildman–Crippen LogP) is 2.85. The van der Waals surface area contributed by atoms with Crippen LogP contribution < -0.4 is 27.0 Å². The maximum Gasteiger partial charge on any atom is 0.338 e. The molecule has 0 fully saturated rings. The molecule has 5 rings (SSSR count). The van der Waals surface area contributed by atoms with Crippen molar-refractivity contribution in [2.75, 3.05) is 11.9 Å². The van der Waals surface area contributed by atoms with E-state index in [9.17, 15) is 9.59 Å². The summed E-state index contributed by atoms with van der Waals surface area (Å²) in [5.41, 5.74) is 5.29. The Morgan fingerprint density at radius 2 is 1.62 bits per heavy atom.